The molecule has 0 unspecified atom stereocenters. The molecule has 0 fully saturated rings. The molecule has 1 N–H and O–H groups in total. The molecule has 4 nitrogen and oxygen atoms in total. The van der Waals surface area contributed by atoms with Gasteiger partial charge in [0.05, 0.1) is 17.7 Å². The van der Waals surface area contributed by atoms with Gasteiger partial charge in [-0.2, -0.15) is 0 Å². The van der Waals surface area contributed by atoms with E-state index < -0.39 is 0 Å². The van der Waals surface area contributed by atoms with Crippen molar-refractivity contribution >= 4 is 35.4 Å². The summed E-state index contributed by atoms with van der Waals surface area (Å²) >= 11 is 12.0. The number of nitrogens with one attached hydrogen (secondary N) is 1. The number of hydrogen-bond acceptors (Lipinski definition) is 3. The lowest BCUT2D eigenvalue weighted by Gasteiger charge is -2.13. The lowest BCUT2D eigenvalue weighted by Crippen LogP contribution is -2.23. The second-order valence-electron chi connectivity index (χ2n) is 6.52. The molecule has 0 radical (unpaired) electrons. The molecule has 0 aliphatic rings. The summed E-state index contributed by atoms with van der Waals surface area (Å²) in [5.41, 5.74) is 4.54. The van der Waals surface area contributed by atoms with E-state index in [1.165, 1.54) is 6.07 Å². The Morgan fingerprint density at radius 1 is 1.03 bits per heavy atom. The largest absolute Gasteiger partial charge is 0.496 e. The van der Waals surface area contributed by atoms with Gasteiger partial charge in [-0.15, -0.1) is 0 Å². The van der Waals surface area contributed by atoms with Gasteiger partial charge in [-0.3, -0.25) is 9.59 Å². The maximum atomic E-state index is 12.5. The van der Waals surface area contributed by atoms with Gasteiger partial charge in [0.1, 0.15) is 12.0 Å². The molecule has 3 aromatic carbocycles. The predicted octanol–water partition coefficient (Wildman–Crippen LogP) is 5.72. The van der Waals surface area contributed by atoms with E-state index in [1.54, 1.807) is 19.2 Å². The van der Waals surface area contributed by atoms with Crippen molar-refractivity contribution in [3.8, 4) is 16.9 Å². The highest BCUT2D eigenvalue weighted by molar-refractivity contribution is 6.36. The smallest absolute Gasteiger partial charge is 0.253 e. The van der Waals surface area contributed by atoms with Crippen LogP contribution < -0.4 is 10.1 Å². The summed E-state index contributed by atoms with van der Waals surface area (Å²) in [5, 5.41) is 3.61. The first-order valence-corrected chi connectivity index (χ1v) is 9.65. The van der Waals surface area contributed by atoms with Crippen LogP contribution in [0.15, 0.2) is 54.6 Å². The number of hydrogen-bond donors (Lipinski definition) is 1. The Morgan fingerprint density at radius 3 is 2.45 bits per heavy atom. The molecular formula is C23H19Cl2NO3. The number of aryl methyl sites for hydroxylation is 1. The molecular weight excluding hydrogens is 409 g/mol. The quantitative estimate of drug-likeness (QED) is 0.511. The Balaban J connectivity index is 1.86. The van der Waals surface area contributed by atoms with Crippen LogP contribution in [0.5, 0.6) is 5.75 Å². The predicted molar refractivity (Wildman–Crippen MR) is 116 cm³/mol. The summed E-state index contributed by atoms with van der Waals surface area (Å²) in [4.78, 5) is 23.8. The number of rotatable bonds is 6. The molecule has 6 heteroatoms. The van der Waals surface area contributed by atoms with Crippen molar-refractivity contribution in [2.75, 3.05) is 7.11 Å². The van der Waals surface area contributed by atoms with Gasteiger partial charge in [0, 0.05) is 22.7 Å². The van der Waals surface area contributed by atoms with E-state index in [2.05, 4.69) is 5.32 Å². The van der Waals surface area contributed by atoms with Gasteiger partial charge in [0.2, 0.25) is 0 Å². The van der Waals surface area contributed by atoms with Crippen LogP contribution >= 0.6 is 23.2 Å². The van der Waals surface area contributed by atoms with Crippen LogP contribution in [0.2, 0.25) is 10.0 Å². The van der Waals surface area contributed by atoms with Crippen LogP contribution in [0.4, 0.5) is 0 Å². The highest BCUT2D eigenvalue weighted by Gasteiger charge is 2.13. The Bertz CT molecular complexity index is 1080. The molecule has 0 aliphatic heterocycles. The number of carbonyl (C=O) groups excluding carboxylic acids is 2. The minimum absolute atomic E-state index is 0.251. The van der Waals surface area contributed by atoms with Gasteiger partial charge in [-0.1, -0.05) is 41.4 Å². The van der Waals surface area contributed by atoms with Crippen LogP contribution in [0.3, 0.4) is 0 Å². The fraction of sp³-hybridized carbons (Fsp3) is 0.130. The molecule has 0 saturated carbocycles. The molecule has 0 saturated heterocycles. The van der Waals surface area contributed by atoms with E-state index in [0.717, 1.165) is 28.5 Å². The summed E-state index contributed by atoms with van der Waals surface area (Å²) in [6.45, 7) is 2.14. The van der Waals surface area contributed by atoms with Gasteiger partial charge in [-0.25, -0.2) is 0 Å². The minimum atomic E-state index is -0.308. The van der Waals surface area contributed by atoms with Crippen molar-refractivity contribution in [2.45, 2.75) is 13.5 Å². The highest BCUT2D eigenvalue weighted by Crippen LogP contribution is 2.28. The van der Waals surface area contributed by atoms with Crippen molar-refractivity contribution < 1.29 is 14.3 Å². The Hall–Kier alpha value is -2.82. The normalized spacial score (nSPS) is 10.5. The molecule has 0 bridgehead atoms. The van der Waals surface area contributed by atoms with Crippen LogP contribution in [0.1, 0.15) is 31.8 Å². The van der Waals surface area contributed by atoms with Crippen LogP contribution in [0.25, 0.3) is 11.1 Å². The zero-order chi connectivity index (χ0) is 21.0. The van der Waals surface area contributed by atoms with Gasteiger partial charge in [0.25, 0.3) is 5.91 Å². The monoisotopic (exact) mass is 427 g/mol. The van der Waals surface area contributed by atoms with E-state index >= 15 is 0 Å². The van der Waals surface area contributed by atoms with Gasteiger partial charge in [-0.05, 0) is 60.0 Å². The SMILES string of the molecule is COc1ccc(-c2ccc(C)c(C=O)c2)cc1CNC(=O)c1ccc(Cl)cc1Cl. The molecule has 0 heterocycles. The lowest BCUT2D eigenvalue weighted by molar-refractivity contribution is 0.0950. The lowest BCUT2D eigenvalue weighted by atomic mass is 9.98. The number of benzene rings is 3. The summed E-state index contributed by atoms with van der Waals surface area (Å²) < 4.78 is 5.43. The number of carbonyl (C=O) groups is 2. The summed E-state index contributed by atoms with van der Waals surface area (Å²) in [7, 11) is 1.58. The maximum absolute atomic E-state index is 12.5. The van der Waals surface area contributed by atoms with Crippen molar-refractivity contribution in [1.82, 2.24) is 5.32 Å². The van der Waals surface area contributed by atoms with Crippen LogP contribution in [-0.4, -0.2) is 19.3 Å². The van der Waals surface area contributed by atoms with Gasteiger partial charge < -0.3 is 10.1 Å². The van der Waals surface area contributed by atoms with Crippen molar-refractivity contribution in [1.29, 1.82) is 0 Å². The number of amides is 1. The fourth-order valence-electron chi connectivity index (χ4n) is 2.99. The Labute approximate surface area is 179 Å². The molecule has 29 heavy (non-hydrogen) atoms. The van der Waals surface area contributed by atoms with E-state index in [1.807, 2.05) is 43.3 Å². The first-order valence-electron chi connectivity index (χ1n) is 8.89. The second-order valence-corrected chi connectivity index (χ2v) is 7.37. The minimum Gasteiger partial charge on any atom is -0.496 e. The summed E-state index contributed by atoms with van der Waals surface area (Å²) in [5.74, 6) is 0.344. The third-order valence-electron chi connectivity index (χ3n) is 4.64. The zero-order valence-electron chi connectivity index (χ0n) is 16.0. The van der Waals surface area contributed by atoms with Gasteiger partial charge >= 0.3 is 0 Å². The summed E-state index contributed by atoms with van der Waals surface area (Å²) in [6, 6.07) is 16.1. The van der Waals surface area contributed by atoms with Crippen molar-refractivity contribution in [3.05, 3.63) is 86.9 Å². The number of halogens is 2. The molecule has 0 aliphatic carbocycles. The molecule has 0 spiro atoms. The maximum Gasteiger partial charge on any atom is 0.253 e. The van der Waals surface area contributed by atoms with E-state index in [9.17, 15) is 9.59 Å². The third kappa shape index (κ3) is 4.78. The van der Waals surface area contributed by atoms with E-state index in [0.29, 0.717) is 21.9 Å². The van der Waals surface area contributed by atoms with Crippen molar-refractivity contribution in [2.24, 2.45) is 0 Å². The molecule has 148 valence electrons. The van der Waals surface area contributed by atoms with E-state index in [-0.39, 0.29) is 17.5 Å². The standard InChI is InChI=1S/C23H19Cl2NO3/c1-14-3-4-15(10-18(14)13-27)16-5-8-22(29-2)17(9-16)12-26-23(28)20-7-6-19(24)11-21(20)25/h3-11,13H,12H2,1-2H3,(H,26,28). The number of methoxy groups -OCH3 is 1. The van der Waals surface area contributed by atoms with Crippen LogP contribution in [-0.2, 0) is 6.54 Å². The topological polar surface area (TPSA) is 55.4 Å². The molecule has 0 aromatic heterocycles. The average Bonchev–Trinajstić information content (AvgIpc) is 2.72. The van der Waals surface area contributed by atoms with Gasteiger partial charge in [0.15, 0.2) is 0 Å². The Morgan fingerprint density at radius 2 is 1.76 bits per heavy atom. The first kappa shape index (κ1) is 20.9. The second kappa shape index (κ2) is 9.12. The van der Waals surface area contributed by atoms with E-state index in [4.69, 9.17) is 27.9 Å². The molecule has 3 aromatic rings. The van der Waals surface area contributed by atoms with Crippen molar-refractivity contribution in [3.63, 3.8) is 0 Å². The highest BCUT2D eigenvalue weighted by atomic mass is 35.5. The number of ether oxygens (including phenoxy) is 1. The van der Waals surface area contributed by atoms with Crippen LogP contribution in [0, 0.1) is 6.92 Å². The summed E-state index contributed by atoms with van der Waals surface area (Å²) in [6.07, 6.45) is 0.847. The first-order chi connectivity index (χ1) is 13.9. The zero-order valence-corrected chi connectivity index (χ0v) is 17.5. The third-order valence-corrected chi connectivity index (χ3v) is 5.18. The molecule has 1 amide bonds. The average molecular weight is 428 g/mol. The molecule has 3 rings (SSSR count). The Kier molecular flexibility index (Phi) is 6.57. The number of aldehydes is 1. The fourth-order valence-corrected chi connectivity index (χ4v) is 3.48. The molecule has 0 atom stereocenters.